The zero-order valence-electron chi connectivity index (χ0n) is 12.5. The van der Waals surface area contributed by atoms with E-state index in [0.717, 1.165) is 16.2 Å². The van der Waals surface area contributed by atoms with Crippen molar-refractivity contribution in [3.8, 4) is 0 Å². The number of urea groups is 2. The van der Waals surface area contributed by atoms with Gasteiger partial charge in [-0.1, -0.05) is 12.1 Å². The average Bonchev–Trinajstić information content (AvgIpc) is 2.44. The minimum absolute atomic E-state index is 0.296. The molecule has 1 aromatic carbocycles. The predicted molar refractivity (Wildman–Crippen MR) is 77.6 cm³/mol. The van der Waals surface area contributed by atoms with Crippen molar-refractivity contribution in [3.63, 3.8) is 0 Å². The lowest BCUT2D eigenvalue weighted by atomic mass is 10.1. The number of hydrogen-bond donors (Lipinski definition) is 0. The minimum Gasteiger partial charge on any atom is -0.378 e. The van der Waals surface area contributed by atoms with Crippen LogP contribution < -0.4 is 4.90 Å². The summed E-state index contributed by atoms with van der Waals surface area (Å²) in [4.78, 5) is 30.3. The summed E-state index contributed by atoms with van der Waals surface area (Å²) in [7, 11) is 8.83. The fraction of sp³-hybridized carbons (Fsp3) is 0.429. The molecule has 6 heteroatoms. The molecule has 0 unspecified atom stereocenters. The number of rotatable bonds is 2. The first-order valence-corrected chi connectivity index (χ1v) is 6.39. The van der Waals surface area contributed by atoms with Crippen LogP contribution in [0.3, 0.4) is 0 Å². The fourth-order valence-electron chi connectivity index (χ4n) is 2.42. The summed E-state index contributed by atoms with van der Waals surface area (Å²) in [6.45, 7) is 0. The highest BCUT2D eigenvalue weighted by molar-refractivity contribution is 5.95. The van der Waals surface area contributed by atoms with Crippen LogP contribution in [-0.4, -0.2) is 62.0 Å². The molecule has 0 aliphatic carbocycles. The highest BCUT2D eigenvalue weighted by Crippen LogP contribution is 2.29. The van der Waals surface area contributed by atoms with Gasteiger partial charge in [-0.05, 0) is 17.7 Å². The van der Waals surface area contributed by atoms with E-state index in [1.54, 1.807) is 23.9 Å². The third-order valence-corrected chi connectivity index (χ3v) is 3.62. The number of nitrogens with zero attached hydrogens (tertiary/aromatic N) is 4. The maximum atomic E-state index is 12.0. The van der Waals surface area contributed by atoms with Crippen molar-refractivity contribution in [3.05, 3.63) is 29.8 Å². The second-order valence-electron chi connectivity index (χ2n) is 5.21. The smallest absolute Gasteiger partial charge is 0.329 e. The van der Waals surface area contributed by atoms with E-state index in [1.807, 2.05) is 43.3 Å². The largest absolute Gasteiger partial charge is 0.378 e. The van der Waals surface area contributed by atoms with Gasteiger partial charge in [0.15, 0.2) is 0 Å². The minimum atomic E-state index is -0.373. The molecule has 0 saturated carbocycles. The van der Waals surface area contributed by atoms with Crippen LogP contribution >= 0.6 is 0 Å². The van der Waals surface area contributed by atoms with Crippen LogP contribution in [0.15, 0.2) is 24.3 Å². The first kappa shape index (κ1) is 14.2. The fourth-order valence-corrected chi connectivity index (χ4v) is 2.42. The first-order chi connectivity index (χ1) is 9.34. The van der Waals surface area contributed by atoms with Crippen LogP contribution in [0.25, 0.3) is 0 Å². The Kier molecular flexibility index (Phi) is 3.57. The van der Waals surface area contributed by atoms with Gasteiger partial charge in [0.2, 0.25) is 0 Å². The van der Waals surface area contributed by atoms with Gasteiger partial charge < -0.3 is 14.7 Å². The molecule has 4 amide bonds. The lowest BCUT2D eigenvalue weighted by Crippen LogP contribution is -2.58. The molecule has 0 radical (unpaired) electrons. The lowest BCUT2D eigenvalue weighted by molar-refractivity contribution is 0.0603. The van der Waals surface area contributed by atoms with E-state index < -0.39 is 0 Å². The van der Waals surface area contributed by atoms with Crippen molar-refractivity contribution in [1.82, 2.24) is 14.7 Å². The van der Waals surface area contributed by atoms with Gasteiger partial charge in [-0.25, -0.2) is 14.5 Å². The molecular weight excluding hydrogens is 256 g/mol. The molecule has 1 aliphatic heterocycles. The molecule has 1 aliphatic rings. The van der Waals surface area contributed by atoms with E-state index in [0.29, 0.717) is 0 Å². The summed E-state index contributed by atoms with van der Waals surface area (Å²) in [6.07, 6.45) is -0.373. The van der Waals surface area contributed by atoms with Crippen molar-refractivity contribution < 1.29 is 9.59 Å². The predicted octanol–water partition coefficient (Wildman–Crippen LogP) is 1.80. The molecule has 0 N–H and O–H groups in total. The maximum Gasteiger partial charge on any atom is 0.329 e. The average molecular weight is 276 g/mol. The standard InChI is InChI=1S/C14H20N4O2/c1-15(2)11-8-6-10(7-9-11)12-16(3)13(19)18(5)14(20)17(12)4/h6-9,12H,1-5H3. The number of anilines is 1. The highest BCUT2D eigenvalue weighted by Gasteiger charge is 2.39. The molecule has 2 rings (SSSR count). The zero-order chi connectivity index (χ0) is 15.0. The number of benzene rings is 1. The third kappa shape index (κ3) is 2.17. The molecule has 108 valence electrons. The third-order valence-electron chi connectivity index (χ3n) is 3.62. The maximum absolute atomic E-state index is 12.0. The van der Waals surface area contributed by atoms with Gasteiger partial charge in [-0.2, -0.15) is 0 Å². The summed E-state index contributed by atoms with van der Waals surface area (Å²) in [5, 5.41) is 0. The van der Waals surface area contributed by atoms with E-state index in [2.05, 4.69) is 0 Å². The van der Waals surface area contributed by atoms with Crippen molar-refractivity contribution in [2.24, 2.45) is 0 Å². The molecule has 0 atom stereocenters. The Morgan fingerprint density at radius 2 is 1.35 bits per heavy atom. The summed E-state index contributed by atoms with van der Waals surface area (Å²) in [6, 6.07) is 7.25. The van der Waals surface area contributed by atoms with E-state index in [1.165, 1.54) is 7.05 Å². The van der Waals surface area contributed by atoms with Gasteiger partial charge in [0.1, 0.15) is 6.17 Å². The number of amides is 4. The van der Waals surface area contributed by atoms with Gasteiger partial charge in [0, 0.05) is 40.9 Å². The Morgan fingerprint density at radius 3 is 1.75 bits per heavy atom. The molecular formula is C14H20N4O2. The molecule has 0 aromatic heterocycles. The van der Waals surface area contributed by atoms with E-state index in [4.69, 9.17) is 0 Å². The normalized spacial score (nSPS) is 16.9. The Labute approximate surface area is 119 Å². The van der Waals surface area contributed by atoms with Crippen molar-refractivity contribution >= 4 is 17.7 Å². The van der Waals surface area contributed by atoms with Crippen LogP contribution in [0, 0.1) is 0 Å². The van der Waals surface area contributed by atoms with Crippen LogP contribution in [0.1, 0.15) is 11.7 Å². The number of imide groups is 1. The molecule has 1 aromatic rings. The molecule has 6 nitrogen and oxygen atoms in total. The highest BCUT2D eigenvalue weighted by atomic mass is 16.2. The number of carbonyl (C=O) groups excluding carboxylic acids is 2. The zero-order valence-corrected chi connectivity index (χ0v) is 12.5. The van der Waals surface area contributed by atoms with Gasteiger partial charge in [0.05, 0.1) is 0 Å². The van der Waals surface area contributed by atoms with Gasteiger partial charge in [-0.15, -0.1) is 0 Å². The second-order valence-corrected chi connectivity index (χ2v) is 5.21. The van der Waals surface area contributed by atoms with Crippen LogP contribution in [0.5, 0.6) is 0 Å². The van der Waals surface area contributed by atoms with Gasteiger partial charge in [-0.3, -0.25) is 0 Å². The van der Waals surface area contributed by atoms with E-state index in [9.17, 15) is 9.59 Å². The van der Waals surface area contributed by atoms with Crippen molar-refractivity contribution in [1.29, 1.82) is 0 Å². The van der Waals surface area contributed by atoms with Crippen LogP contribution in [0.4, 0.5) is 15.3 Å². The Bertz CT molecular complexity index is 504. The van der Waals surface area contributed by atoms with E-state index in [-0.39, 0.29) is 18.2 Å². The monoisotopic (exact) mass is 276 g/mol. The Balaban J connectivity index is 2.35. The SMILES string of the molecule is CN1C(=O)N(C)C(c2ccc(N(C)C)cc2)N(C)C1=O. The summed E-state index contributed by atoms with van der Waals surface area (Å²) >= 11 is 0. The van der Waals surface area contributed by atoms with Crippen molar-refractivity contribution in [2.45, 2.75) is 6.17 Å². The summed E-state index contributed by atoms with van der Waals surface area (Å²) in [5.74, 6) is 0. The van der Waals surface area contributed by atoms with E-state index >= 15 is 0 Å². The molecule has 20 heavy (non-hydrogen) atoms. The quantitative estimate of drug-likeness (QED) is 0.827. The molecule has 0 spiro atoms. The lowest BCUT2D eigenvalue weighted by Gasteiger charge is -2.43. The summed E-state index contributed by atoms with van der Waals surface area (Å²) < 4.78 is 0. The van der Waals surface area contributed by atoms with Crippen LogP contribution in [-0.2, 0) is 0 Å². The molecule has 0 bridgehead atoms. The van der Waals surface area contributed by atoms with Crippen LogP contribution in [0.2, 0.25) is 0 Å². The molecule has 1 fully saturated rings. The van der Waals surface area contributed by atoms with Gasteiger partial charge in [0.25, 0.3) is 0 Å². The number of hydrogen-bond acceptors (Lipinski definition) is 3. The molecule has 1 saturated heterocycles. The second kappa shape index (κ2) is 5.03. The summed E-state index contributed by atoms with van der Waals surface area (Å²) in [5.41, 5.74) is 1.99. The van der Waals surface area contributed by atoms with Crippen molar-refractivity contribution in [2.75, 3.05) is 40.1 Å². The Morgan fingerprint density at radius 1 is 0.900 bits per heavy atom. The topological polar surface area (TPSA) is 47.1 Å². The Hall–Kier alpha value is -2.24. The number of carbonyl (C=O) groups is 2. The van der Waals surface area contributed by atoms with Gasteiger partial charge >= 0.3 is 12.1 Å². The molecule has 1 heterocycles. The first-order valence-electron chi connectivity index (χ1n) is 6.39.